The van der Waals surface area contributed by atoms with Crippen LogP contribution in [0.4, 0.5) is 10.1 Å². The summed E-state index contributed by atoms with van der Waals surface area (Å²) in [5, 5.41) is 10.8. The number of nitrogens with one attached hydrogen (secondary N) is 1. The molecule has 3 aromatic rings. The number of nitrogens with zero attached hydrogens (tertiary/aromatic N) is 3. The van der Waals surface area contributed by atoms with Crippen LogP contribution in [0.1, 0.15) is 17.3 Å². The number of nitrogens with two attached hydrogens (primary N) is 1. The molecule has 1 amide bonds. The van der Waals surface area contributed by atoms with E-state index in [1.54, 1.807) is 49.4 Å². The second-order valence-corrected chi connectivity index (χ2v) is 6.73. The summed E-state index contributed by atoms with van der Waals surface area (Å²) in [6.07, 6.45) is 0. The minimum absolute atomic E-state index is 0.0201. The van der Waals surface area contributed by atoms with E-state index in [-0.39, 0.29) is 28.2 Å². The molecule has 0 radical (unpaired) electrons. The molecule has 29 heavy (non-hydrogen) atoms. The molecule has 0 bridgehead atoms. The number of thioether (sulfide) groups is 1. The van der Waals surface area contributed by atoms with Crippen molar-refractivity contribution in [1.29, 1.82) is 0 Å². The molecule has 1 aromatic heterocycles. The molecule has 0 atom stereocenters. The first-order chi connectivity index (χ1) is 14.0. The van der Waals surface area contributed by atoms with Gasteiger partial charge in [0.1, 0.15) is 5.82 Å². The Labute approximate surface area is 170 Å². The molecule has 0 aliphatic rings. The molecule has 1 heterocycles. The summed E-state index contributed by atoms with van der Waals surface area (Å²) in [6, 6.07) is 12.4. The fourth-order valence-corrected chi connectivity index (χ4v) is 3.09. The zero-order valence-electron chi connectivity index (χ0n) is 15.5. The van der Waals surface area contributed by atoms with Crippen molar-refractivity contribution in [2.24, 2.45) is 0 Å². The quantitative estimate of drug-likeness (QED) is 0.347. The Bertz CT molecular complexity index is 1020. The van der Waals surface area contributed by atoms with Gasteiger partial charge in [0.25, 0.3) is 0 Å². The van der Waals surface area contributed by atoms with Gasteiger partial charge in [0, 0.05) is 5.69 Å². The Morgan fingerprint density at radius 3 is 2.59 bits per heavy atom. The summed E-state index contributed by atoms with van der Waals surface area (Å²) >= 11 is 1.07. The van der Waals surface area contributed by atoms with Crippen LogP contribution in [0.5, 0.6) is 0 Å². The minimum atomic E-state index is -0.466. The SMILES string of the molecule is CCOC(=O)c1ccc(NC(=O)CSc2nnc(-c3ccccc3F)n2N)cc1. The highest BCUT2D eigenvalue weighted by Crippen LogP contribution is 2.23. The maximum atomic E-state index is 13.9. The number of ether oxygens (including phenoxy) is 1. The normalized spacial score (nSPS) is 10.6. The standard InChI is InChI=1S/C19H18FN5O3S/c1-2-28-18(27)12-7-9-13(10-8-12)22-16(26)11-29-19-24-23-17(25(19)21)14-5-3-4-6-15(14)20/h3-10H,2,11,21H2,1H3,(H,22,26). The van der Waals surface area contributed by atoms with Gasteiger partial charge in [-0.05, 0) is 43.3 Å². The molecule has 0 aliphatic carbocycles. The molecule has 0 spiro atoms. The van der Waals surface area contributed by atoms with E-state index >= 15 is 0 Å². The largest absolute Gasteiger partial charge is 0.462 e. The van der Waals surface area contributed by atoms with Gasteiger partial charge in [-0.25, -0.2) is 13.9 Å². The van der Waals surface area contributed by atoms with E-state index in [0.717, 1.165) is 16.4 Å². The van der Waals surface area contributed by atoms with Crippen molar-refractivity contribution < 1.29 is 18.7 Å². The number of nitrogen functional groups attached to an aromatic ring is 1. The lowest BCUT2D eigenvalue weighted by Gasteiger charge is -2.07. The number of amides is 1. The first-order valence-corrected chi connectivity index (χ1v) is 9.63. The van der Waals surface area contributed by atoms with Crippen LogP contribution < -0.4 is 11.2 Å². The minimum Gasteiger partial charge on any atom is -0.462 e. The summed E-state index contributed by atoms with van der Waals surface area (Å²) < 4.78 is 20.0. The number of aromatic nitrogens is 3. The molecular formula is C19H18FN5O3S. The molecule has 8 nitrogen and oxygen atoms in total. The van der Waals surface area contributed by atoms with Gasteiger partial charge >= 0.3 is 5.97 Å². The highest BCUT2D eigenvalue weighted by molar-refractivity contribution is 7.99. The lowest BCUT2D eigenvalue weighted by Crippen LogP contribution is -2.16. The smallest absolute Gasteiger partial charge is 0.338 e. The molecule has 10 heteroatoms. The number of rotatable bonds is 7. The Balaban J connectivity index is 1.59. The van der Waals surface area contributed by atoms with Crippen LogP contribution in [0, 0.1) is 5.82 Å². The highest BCUT2D eigenvalue weighted by atomic mass is 32.2. The Kier molecular flexibility index (Phi) is 6.45. The maximum absolute atomic E-state index is 13.9. The van der Waals surface area contributed by atoms with Crippen molar-refractivity contribution in [2.75, 3.05) is 23.5 Å². The Morgan fingerprint density at radius 1 is 1.17 bits per heavy atom. The molecule has 3 rings (SSSR count). The average molecular weight is 415 g/mol. The Morgan fingerprint density at radius 2 is 1.90 bits per heavy atom. The number of hydrogen-bond acceptors (Lipinski definition) is 7. The third kappa shape index (κ3) is 4.91. The zero-order valence-corrected chi connectivity index (χ0v) is 16.3. The van der Waals surface area contributed by atoms with Gasteiger partial charge in [-0.1, -0.05) is 23.9 Å². The second-order valence-electron chi connectivity index (χ2n) is 5.79. The summed E-state index contributed by atoms with van der Waals surface area (Å²) in [5.74, 6) is 4.94. The Hall–Kier alpha value is -3.40. The van der Waals surface area contributed by atoms with Crippen LogP contribution in [0.15, 0.2) is 53.7 Å². The lowest BCUT2D eigenvalue weighted by atomic mass is 10.2. The number of carbonyl (C=O) groups excluding carboxylic acids is 2. The van der Waals surface area contributed by atoms with Crippen LogP contribution in [-0.4, -0.2) is 39.1 Å². The van der Waals surface area contributed by atoms with Crippen molar-refractivity contribution in [2.45, 2.75) is 12.1 Å². The van der Waals surface area contributed by atoms with Crippen LogP contribution in [0.2, 0.25) is 0 Å². The van der Waals surface area contributed by atoms with Crippen LogP contribution in [0.25, 0.3) is 11.4 Å². The van der Waals surface area contributed by atoms with Gasteiger partial charge in [0.05, 0.1) is 23.5 Å². The number of halogens is 1. The molecule has 0 saturated heterocycles. The predicted molar refractivity (Wildman–Crippen MR) is 107 cm³/mol. The molecule has 0 fully saturated rings. The molecule has 3 N–H and O–H groups in total. The van der Waals surface area contributed by atoms with Gasteiger partial charge in [0.2, 0.25) is 11.1 Å². The molecular weight excluding hydrogens is 397 g/mol. The number of esters is 1. The first kappa shape index (κ1) is 20.3. The van der Waals surface area contributed by atoms with E-state index in [4.69, 9.17) is 10.6 Å². The van der Waals surface area contributed by atoms with Gasteiger partial charge in [-0.2, -0.15) is 0 Å². The lowest BCUT2D eigenvalue weighted by molar-refractivity contribution is -0.113. The van der Waals surface area contributed by atoms with Crippen LogP contribution in [0.3, 0.4) is 0 Å². The average Bonchev–Trinajstić information content (AvgIpc) is 3.08. The van der Waals surface area contributed by atoms with E-state index < -0.39 is 11.8 Å². The second kappa shape index (κ2) is 9.20. The summed E-state index contributed by atoms with van der Waals surface area (Å²) in [7, 11) is 0. The third-order valence-electron chi connectivity index (χ3n) is 3.79. The molecule has 0 unspecified atom stereocenters. The molecule has 0 aliphatic heterocycles. The number of benzene rings is 2. The first-order valence-electron chi connectivity index (χ1n) is 8.64. The van der Waals surface area contributed by atoms with Gasteiger partial charge in [-0.3, -0.25) is 4.79 Å². The highest BCUT2D eigenvalue weighted by Gasteiger charge is 2.16. The van der Waals surface area contributed by atoms with Crippen molar-refractivity contribution in [1.82, 2.24) is 14.9 Å². The summed E-state index contributed by atoms with van der Waals surface area (Å²) in [5.41, 5.74) is 1.15. The summed E-state index contributed by atoms with van der Waals surface area (Å²) in [4.78, 5) is 23.8. The van der Waals surface area contributed by atoms with Crippen molar-refractivity contribution in [3.8, 4) is 11.4 Å². The van der Waals surface area contributed by atoms with Gasteiger partial charge in [-0.15, -0.1) is 10.2 Å². The monoisotopic (exact) mass is 415 g/mol. The van der Waals surface area contributed by atoms with E-state index in [2.05, 4.69) is 15.5 Å². The fourth-order valence-electron chi connectivity index (χ4n) is 2.43. The van der Waals surface area contributed by atoms with Gasteiger partial charge in [0.15, 0.2) is 5.82 Å². The van der Waals surface area contributed by atoms with E-state index in [9.17, 15) is 14.0 Å². The van der Waals surface area contributed by atoms with Crippen molar-refractivity contribution >= 4 is 29.3 Å². The topological polar surface area (TPSA) is 112 Å². The molecule has 2 aromatic carbocycles. The van der Waals surface area contributed by atoms with E-state index in [1.807, 2.05) is 0 Å². The van der Waals surface area contributed by atoms with Crippen molar-refractivity contribution in [3.63, 3.8) is 0 Å². The van der Waals surface area contributed by atoms with Crippen molar-refractivity contribution in [3.05, 3.63) is 59.9 Å². The van der Waals surface area contributed by atoms with E-state index in [0.29, 0.717) is 17.9 Å². The van der Waals surface area contributed by atoms with Crippen LogP contribution >= 0.6 is 11.8 Å². The van der Waals surface area contributed by atoms with Gasteiger partial charge < -0.3 is 15.9 Å². The van der Waals surface area contributed by atoms with E-state index in [1.165, 1.54) is 6.07 Å². The third-order valence-corrected chi connectivity index (χ3v) is 4.73. The molecule has 0 saturated carbocycles. The van der Waals surface area contributed by atoms with Crippen LogP contribution in [-0.2, 0) is 9.53 Å². The number of anilines is 1. The zero-order chi connectivity index (χ0) is 20.8. The maximum Gasteiger partial charge on any atom is 0.338 e. The fraction of sp³-hybridized carbons (Fsp3) is 0.158. The predicted octanol–water partition coefficient (Wildman–Crippen LogP) is 2.71. The number of hydrogen-bond donors (Lipinski definition) is 2. The summed E-state index contributed by atoms with van der Waals surface area (Å²) in [6.45, 7) is 2.02. The number of carbonyl (C=O) groups is 2. The molecule has 150 valence electrons.